The van der Waals surface area contributed by atoms with Crippen molar-refractivity contribution in [2.45, 2.75) is 19.4 Å². The quantitative estimate of drug-likeness (QED) is 0.516. The van der Waals surface area contributed by atoms with Crippen LogP contribution in [-0.4, -0.2) is 12.6 Å². The smallest absolute Gasteiger partial charge is 0.0284 e. The third-order valence-electron chi connectivity index (χ3n) is 2.64. The lowest BCUT2D eigenvalue weighted by atomic mass is 9.95. The van der Waals surface area contributed by atoms with Gasteiger partial charge in [-0.15, -0.1) is 0 Å². The normalized spacial score (nSPS) is 46.6. The highest BCUT2D eigenvalue weighted by atomic mass is 15.0. The Morgan fingerprint density at radius 2 is 2.44 bits per heavy atom. The Kier molecular flexibility index (Phi) is 1.12. The van der Waals surface area contributed by atoms with E-state index in [1.807, 2.05) is 0 Å². The van der Waals surface area contributed by atoms with E-state index < -0.39 is 0 Å². The molecule has 0 saturated carbocycles. The summed E-state index contributed by atoms with van der Waals surface area (Å²) in [6, 6.07) is 0.722. The Balaban J connectivity index is 2.15. The van der Waals surface area contributed by atoms with Crippen LogP contribution in [0.15, 0.2) is 12.2 Å². The molecule has 1 nitrogen and oxygen atoms in total. The van der Waals surface area contributed by atoms with Crippen LogP contribution in [0.1, 0.15) is 13.3 Å². The molecule has 0 spiro atoms. The van der Waals surface area contributed by atoms with Gasteiger partial charge >= 0.3 is 0 Å². The summed E-state index contributed by atoms with van der Waals surface area (Å²) >= 11 is 0. The van der Waals surface area contributed by atoms with Gasteiger partial charge in [0.15, 0.2) is 0 Å². The number of rotatable bonds is 1. The largest absolute Gasteiger partial charge is 0.310 e. The number of fused-ring (bicyclic) bond motifs is 2. The van der Waals surface area contributed by atoms with E-state index >= 15 is 0 Å². The van der Waals surface area contributed by atoms with Gasteiger partial charge < -0.3 is 5.32 Å². The van der Waals surface area contributed by atoms with Crippen LogP contribution < -0.4 is 5.32 Å². The molecule has 3 unspecified atom stereocenters. The van der Waals surface area contributed by atoms with E-state index in [2.05, 4.69) is 24.4 Å². The lowest BCUT2D eigenvalue weighted by molar-refractivity contribution is 0.463. The van der Waals surface area contributed by atoms with Gasteiger partial charge in [-0.05, 0) is 11.8 Å². The lowest BCUT2D eigenvalue weighted by Crippen LogP contribution is -2.23. The predicted molar refractivity (Wildman–Crippen MR) is 38.2 cm³/mol. The molecule has 1 saturated heterocycles. The van der Waals surface area contributed by atoms with Crippen molar-refractivity contribution in [2.75, 3.05) is 6.54 Å². The summed E-state index contributed by atoms with van der Waals surface area (Å²) in [5.74, 6) is 1.78. The van der Waals surface area contributed by atoms with E-state index in [1.54, 1.807) is 0 Å². The Hall–Kier alpha value is -0.300. The zero-order valence-corrected chi connectivity index (χ0v) is 5.80. The zero-order chi connectivity index (χ0) is 6.27. The van der Waals surface area contributed by atoms with Crippen molar-refractivity contribution in [3.05, 3.63) is 12.2 Å². The van der Waals surface area contributed by atoms with E-state index in [4.69, 9.17) is 0 Å². The van der Waals surface area contributed by atoms with E-state index in [9.17, 15) is 0 Å². The Labute approximate surface area is 56.1 Å². The Morgan fingerprint density at radius 1 is 1.56 bits per heavy atom. The van der Waals surface area contributed by atoms with Crippen molar-refractivity contribution < 1.29 is 0 Å². The van der Waals surface area contributed by atoms with Crippen molar-refractivity contribution in [1.29, 1.82) is 0 Å². The van der Waals surface area contributed by atoms with Crippen LogP contribution in [0.5, 0.6) is 0 Å². The van der Waals surface area contributed by atoms with Gasteiger partial charge in [0.2, 0.25) is 0 Å². The van der Waals surface area contributed by atoms with Gasteiger partial charge in [-0.2, -0.15) is 0 Å². The average molecular weight is 123 g/mol. The molecule has 1 aliphatic heterocycles. The summed E-state index contributed by atoms with van der Waals surface area (Å²) in [6.07, 6.45) is 6.02. The second-order valence-corrected chi connectivity index (χ2v) is 3.05. The molecule has 9 heavy (non-hydrogen) atoms. The summed E-state index contributed by atoms with van der Waals surface area (Å²) in [4.78, 5) is 0. The highest BCUT2D eigenvalue weighted by molar-refractivity contribution is 5.15. The van der Waals surface area contributed by atoms with Gasteiger partial charge in [0.25, 0.3) is 0 Å². The van der Waals surface area contributed by atoms with Gasteiger partial charge in [-0.3, -0.25) is 0 Å². The predicted octanol–water partition coefficient (Wildman–Crippen LogP) is 1.17. The van der Waals surface area contributed by atoms with Crippen LogP contribution in [0.2, 0.25) is 0 Å². The molecule has 2 bridgehead atoms. The van der Waals surface area contributed by atoms with E-state index in [0.717, 1.165) is 17.9 Å². The molecule has 1 aliphatic carbocycles. The molecule has 0 aromatic rings. The first-order valence-corrected chi connectivity index (χ1v) is 3.83. The third kappa shape index (κ3) is 0.645. The Morgan fingerprint density at radius 3 is 2.67 bits per heavy atom. The molecule has 2 aliphatic rings. The zero-order valence-electron chi connectivity index (χ0n) is 5.80. The van der Waals surface area contributed by atoms with Crippen molar-refractivity contribution >= 4 is 0 Å². The summed E-state index contributed by atoms with van der Waals surface area (Å²) in [5.41, 5.74) is 0. The average Bonchev–Trinajstić information content (AvgIpc) is 2.44. The molecule has 3 atom stereocenters. The highest BCUT2D eigenvalue weighted by Crippen LogP contribution is 2.32. The molecule has 0 aromatic heterocycles. The fourth-order valence-corrected chi connectivity index (χ4v) is 2.08. The monoisotopic (exact) mass is 123 g/mol. The molecular weight excluding hydrogens is 110 g/mol. The van der Waals surface area contributed by atoms with Gasteiger partial charge in [0.05, 0.1) is 0 Å². The topological polar surface area (TPSA) is 12.0 Å². The maximum Gasteiger partial charge on any atom is 0.0284 e. The fourth-order valence-electron chi connectivity index (χ4n) is 2.08. The molecule has 0 aromatic carbocycles. The van der Waals surface area contributed by atoms with Crippen LogP contribution >= 0.6 is 0 Å². The van der Waals surface area contributed by atoms with Crippen molar-refractivity contribution in [3.8, 4) is 0 Å². The van der Waals surface area contributed by atoms with Crippen LogP contribution in [-0.2, 0) is 0 Å². The van der Waals surface area contributed by atoms with E-state index in [-0.39, 0.29) is 0 Å². The molecule has 1 fully saturated rings. The summed E-state index contributed by atoms with van der Waals surface area (Å²) in [6.45, 7) is 3.50. The molecule has 1 heteroatoms. The lowest BCUT2D eigenvalue weighted by Gasteiger charge is -2.09. The van der Waals surface area contributed by atoms with Gasteiger partial charge in [0.1, 0.15) is 0 Å². The summed E-state index contributed by atoms with van der Waals surface area (Å²) < 4.78 is 0. The fraction of sp³-hybridized carbons (Fsp3) is 0.750. The molecule has 50 valence electrons. The van der Waals surface area contributed by atoms with Crippen molar-refractivity contribution in [1.82, 2.24) is 5.32 Å². The minimum atomic E-state index is 0.722. The Bertz CT molecular complexity index is 126. The minimum Gasteiger partial charge on any atom is -0.310 e. The van der Waals surface area contributed by atoms with Crippen LogP contribution in [0.4, 0.5) is 0 Å². The summed E-state index contributed by atoms with van der Waals surface area (Å²) in [7, 11) is 0. The van der Waals surface area contributed by atoms with Crippen molar-refractivity contribution in [3.63, 3.8) is 0 Å². The summed E-state index contributed by atoms with van der Waals surface area (Å²) in [5, 5.41) is 3.47. The number of nitrogens with one attached hydrogen (secondary N) is 1. The van der Waals surface area contributed by atoms with E-state index in [1.165, 1.54) is 13.0 Å². The second-order valence-electron chi connectivity index (χ2n) is 3.05. The molecule has 1 heterocycles. The van der Waals surface area contributed by atoms with Gasteiger partial charge in [-0.1, -0.05) is 25.5 Å². The van der Waals surface area contributed by atoms with Crippen LogP contribution in [0.25, 0.3) is 0 Å². The second kappa shape index (κ2) is 1.84. The minimum absolute atomic E-state index is 0.722. The molecule has 0 radical (unpaired) electrons. The standard InChI is InChI=1S/C8H13N/c1-2-7-6-3-4-8(7)9-5-6/h3-4,6-9H,2,5H2,1H3. The molecule has 2 rings (SSSR count). The van der Waals surface area contributed by atoms with Gasteiger partial charge in [-0.25, -0.2) is 0 Å². The first kappa shape index (κ1) is 5.48. The number of hydrogen-bond donors (Lipinski definition) is 1. The molecule has 1 N–H and O–H groups in total. The van der Waals surface area contributed by atoms with E-state index in [0.29, 0.717) is 0 Å². The first-order valence-electron chi connectivity index (χ1n) is 3.83. The molecule has 0 amide bonds. The first-order chi connectivity index (χ1) is 4.42. The maximum atomic E-state index is 3.47. The highest BCUT2D eigenvalue weighted by Gasteiger charge is 2.35. The SMILES string of the molecule is CCC1C2C=CC1NC2. The van der Waals surface area contributed by atoms with Crippen LogP contribution in [0.3, 0.4) is 0 Å². The van der Waals surface area contributed by atoms with Crippen molar-refractivity contribution in [2.24, 2.45) is 11.8 Å². The maximum absolute atomic E-state index is 3.47. The number of hydrogen-bond acceptors (Lipinski definition) is 1. The third-order valence-corrected chi connectivity index (χ3v) is 2.64. The molecular formula is C8H13N. The van der Waals surface area contributed by atoms with Gasteiger partial charge in [0, 0.05) is 12.6 Å². The van der Waals surface area contributed by atoms with Crippen LogP contribution in [0, 0.1) is 11.8 Å².